The van der Waals surface area contributed by atoms with Crippen molar-refractivity contribution in [2.45, 2.75) is 34.8 Å². The van der Waals surface area contributed by atoms with Crippen LogP contribution in [0.2, 0.25) is 0 Å². The highest BCUT2D eigenvalue weighted by molar-refractivity contribution is 7.99. The summed E-state index contributed by atoms with van der Waals surface area (Å²) in [5.74, 6) is -0.259. The maximum Gasteiger partial charge on any atom is 0.124 e. The molecule has 0 unspecified atom stereocenters. The first-order chi connectivity index (χ1) is 11.6. The summed E-state index contributed by atoms with van der Waals surface area (Å²) in [6.07, 6.45) is 1.45. The number of rotatable bonds is 5. The van der Waals surface area contributed by atoms with E-state index in [1.165, 1.54) is 17.8 Å². The Hall–Kier alpha value is -1.40. The van der Waals surface area contributed by atoms with Crippen molar-refractivity contribution in [2.75, 3.05) is 20.3 Å². The van der Waals surface area contributed by atoms with Crippen LogP contribution < -0.4 is 0 Å². The van der Waals surface area contributed by atoms with Gasteiger partial charge in [-0.15, -0.1) is 0 Å². The summed E-state index contributed by atoms with van der Waals surface area (Å²) >= 11 is 1.50. The number of methoxy groups -OCH3 is 1. The minimum Gasteiger partial charge on any atom is -0.392 e. The Balaban J connectivity index is 1.87. The van der Waals surface area contributed by atoms with E-state index in [2.05, 4.69) is 0 Å². The van der Waals surface area contributed by atoms with Crippen molar-refractivity contribution in [1.29, 1.82) is 0 Å². The number of hydrogen-bond acceptors (Lipinski definition) is 4. The van der Waals surface area contributed by atoms with E-state index in [0.717, 1.165) is 33.8 Å². The second kappa shape index (κ2) is 7.66. The molecule has 128 valence electrons. The first-order valence-electron chi connectivity index (χ1n) is 7.97. The van der Waals surface area contributed by atoms with Crippen LogP contribution in [0.25, 0.3) is 0 Å². The van der Waals surface area contributed by atoms with E-state index in [4.69, 9.17) is 14.6 Å². The molecule has 3 nitrogen and oxygen atoms in total. The van der Waals surface area contributed by atoms with Gasteiger partial charge in [-0.1, -0.05) is 23.9 Å². The molecule has 0 atom stereocenters. The van der Waals surface area contributed by atoms with Crippen molar-refractivity contribution in [3.05, 3.63) is 59.4 Å². The van der Waals surface area contributed by atoms with Gasteiger partial charge in [-0.25, -0.2) is 4.39 Å². The van der Waals surface area contributed by atoms with E-state index >= 15 is 0 Å². The van der Waals surface area contributed by atoms with Gasteiger partial charge in [-0.2, -0.15) is 0 Å². The molecule has 0 aromatic heterocycles. The molecule has 5 heteroatoms. The smallest absolute Gasteiger partial charge is 0.124 e. The summed E-state index contributed by atoms with van der Waals surface area (Å²) in [7, 11) is 1.68. The Labute approximate surface area is 145 Å². The SMILES string of the molecule is COC1(c2cc(F)cc(Sc3ccc(CO)cc3)c2)CCOCC1. The molecule has 1 N–H and O–H groups in total. The highest BCUT2D eigenvalue weighted by Gasteiger charge is 2.35. The van der Waals surface area contributed by atoms with Crippen LogP contribution in [-0.4, -0.2) is 25.4 Å². The second-order valence-electron chi connectivity index (χ2n) is 5.89. The number of hydrogen-bond donors (Lipinski definition) is 1. The number of ether oxygens (including phenoxy) is 2. The summed E-state index contributed by atoms with van der Waals surface area (Å²) in [5, 5.41) is 9.11. The van der Waals surface area contributed by atoms with E-state index in [-0.39, 0.29) is 12.4 Å². The van der Waals surface area contributed by atoms with Gasteiger partial charge in [0.2, 0.25) is 0 Å². The number of aliphatic hydroxyl groups is 1. The average Bonchev–Trinajstić information content (AvgIpc) is 2.62. The first kappa shape index (κ1) is 17.4. The third-order valence-corrected chi connectivity index (χ3v) is 5.41. The van der Waals surface area contributed by atoms with Gasteiger partial charge in [0.15, 0.2) is 0 Å². The van der Waals surface area contributed by atoms with E-state index in [0.29, 0.717) is 13.2 Å². The average molecular weight is 348 g/mol. The highest BCUT2D eigenvalue weighted by atomic mass is 32.2. The Morgan fingerprint density at radius 3 is 2.46 bits per heavy atom. The molecule has 0 spiro atoms. The van der Waals surface area contributed by atoms with Crippen LogP contribution in [0.4, 0.5) is 4.39 Å². The topological polar surface area (TPSA) is 38.7 Å². The van der Waals surface area contributed by atoms with Crippen molar-refractivity contribution < 1.29 is 19.0 Å². The molecule has 24 heavy (non-hydrogen) atoms. The number of benzene rings is 2. The molecular weight excluding hydrogens is 327 g/mol. The van der Waals surface area contributed by atoms with Crippen LogP contribution in [0.3, 0.4) is 0 Å². The molecule has 2 aromatic rings. The summed E-state index contributed by atoms with van der Waals surface area (Å²) < 4.78 is 25.4. The van der Waals surface area contributed by atoms with Crippen LogP contribution in [0.1, 0.15) is 24.0 Å². The lowest BCUT2D eigenvalue weighted by Gasteiger charge is -2.36. The number of aliphatic hydroxyl groups excluding tert-OH is 1. The van der Waals surface area contributed by atoms with Crippen LogP contribution in [-0.2, 0) is 21.7 Å². The Morgan fingerprint density at radius 2 is 1.83 bits per heavy atom. The fraction of sp³-hybridized carbons (Fsp3) is 0.368. The molecule has 1 fully saturated rings. The quantitative estimate of drug-likeness (QED) is 0.882. The van der Waals surface area contributed by atoms with Gasteiger partial charge in [0.1, 0.15) is 5.82 Å². The lowest BCUT2D eigenvalue weighted by atomic mass is 9.86. The molecule has 0 saturated carbocycles. The fourth-order valence-electron chi connectivity index (χ4n) is 3.00. The maximum atomic E-state index is 14.2. The normalized spacial score (nSPS) is 17.0. The van der Waals surface area contributed by atoms with Crippen LogP contribution in [0.5, 0.6) is 0 Å². The molecule has 1 aliphatic heterocycles. The minimum atomic E-state index is -0.476. The molecule has 1 heterocycles. The molecule has 2 aromatic carbocycles. The number of halogens is 1. The summed E-state index contributed by atoms with van der Waals surface area (Å²) in [6, 6.07) is 12.7. The molecule has 0 bridgehead atoms. The zero-order valence-corrected chi connectivity index (χ0v) is 14.4. The highest BCUT2D eigenvalue weighted by Crippen LogP contribution is 2.38. The second-order valence-corrected chi connectivity index (χ2v) is 7.04. The lowest BCUT2D eigenvalue weighted by Crippen LogP contribution is -2.35. The summed E-state index contributed by atoms with van der Waals surface area (Å²) in [5.41, 5.74) is 1.25. The van der Waals surface area contributed by atoms with Gasteiger partial charge in [0.25, 0.3) is 0 Å². The van der Waals surface area contributed by atoms with Gasteiger partial charge in [0.05, 0.1) is 12.2 Å². The zero-order chi connectivity index (χ0) is 17.0. The summed E-state index contributed by atoms with van der Waals surface area (Å²) in [4.78, 5) is 1.84. The van der Waals surface area contributed by atoms with Gasteiger partial charge in [-0.05, 0) is 41.5 Å². The van der Waals surface area contributed by atoms with Gasteiger partial charge in [0, 0.05) is 43.0 Å². The predicted molar refractivity (Wildman–Crippen MR) is 91.6 cm³/mol. The summed E-state index contributed by atoms with van der Waals surface area (Å²) in [6.45, 7) is 1.26. The minimum absolute atomic E-state index is 0.0213. The van der Waals surface area contributed by atoms with Crippen molar-refractivity contribution in [3.63, 3.8) is 0 Å². The molecule has 0 aliphatic carbocycles. The molecule has 0 amide bonds. The zero-order valence-electron chi connectivity index (χ0n) is 13.6. The van der Waals surface area contributed by atoms with E-state index in [1.807, 2.05) is 30.3 Å². The van der Waals surface area contributed by atoms with Crippen LogP contribution >= 0.6 is 11.8 Å². The van der Waals surface area contributed by atoms with Crippen LogP contribution in [0, 0.1) is 5.82 Å². The Kier molecular flexibility index (Phi) is 5.56. The van der Waals surface area contributed by atoms with Crippen molar-refractivity contribution in [2.24, 2.45) is 0 Å². The van der Waals surface area contributed by atoms with Gasteiger partial charge >= 0.3 is 0 Å². The Morgan fingerprint density at radius 1 is 1.12 bits per heavy atom. The van der Waals surface area contributed by atoms with Crippen molar-refractivity contribution in [1.82, 2.24) is 0 Å². The maximum absolute atomic E-state index is 14.2. The predicted octanol–water partition coefficient (Wildman–Crippen LogP) is 4.12. The Bertz CT molecular complexity index is 682. The molecular formula is C19H21FO3S. The fourth-order valence-corrected chi connectivity index (χ4v) is 3.90. The lowest BCUT2D eigenvalue weighted by molar-refractivity contribution is -0.0950. The van der Waals surface area contributed by atoms with Crippen molar-refractivity contribution in [3.8, 4) is 0 Å². The van der Waals surface area contributed by atoms with E-state index < -0.39 is 5.60 Å². The standard InChI is InChI=1S/C19H21FO3S/c1-22-19(6-8-23-9-7-19)15-10-16(20)12-18(11-15)24-17-4-2-14(13-21)3-5-17/h2-5,10-12,21H,6-9,13H2,1H3. The third kappa shape index (κ3) is 3.81. The first-order valence-corrected chi connectivity index (χ1v) is 8.78. The van der Waals surface area contributed by atoms with E-state index in [1.54, 1.807) is 13.2 Å². The third-order valence-electron chi connectivity index (χ3n) is 4.43. The largest absolute Gasteiger partial charge is 0.392 e. The van der Waals surface area contributed by atoms with Crippen LogP contribution in [0.15, 0.2) is 52.3 Å². The van der Waals surface area contributed by atoms with Gasteiger partial charge < -0.3 is 14.6 Å². The van der Waals surface area contributed by atoms with E-state index in [9.17, 15) is 4.39 Å². The molecule has 0 radical (unpaired) electrons. The molecule has 1 saturated heterocycles. The monoisotopic (exact) mass is 348 g/mol. The van der Waals surface area contributed by atoms with Gasteiger partial charge in [-0.3, -0.25) is 0 Å². The molecule has 3 rings (SSSR count). The molecule has 1 aliphatic rings. The van der Waals surface area contributed by atoms with Crippen molar-refractivity contribution >= 4 is 11.8 Å².